The molecule has 70 valence electrons. The topological polar surface area (TPSA) is 95.6 Å². The average Bonchev–Trinajstić information content (AvgIpc) is 2.10. The highest BCUT2D eigenvalue weighted by Gasteiger charge is 2.12. The summed E-state index contributed by atoms with van der Waals surface area (Å²) in [6, 6.07) is 2.49. The van der Waals surface area contributed by atoms with Crippen LogP contribution in [-0.4, -0.2) is 16.1 Å². The fourth-order valence-corrected chi connectivity index (χ4v) is 1.01. The molecule has 5 heteroatoms. The molecular formula is C8H10N2O3. The van der Waals surface area contributed by atoms with Gasteiger partial charge in [0.15, 0.2) is 0 Å². The Morgan fingerprint density at radius 2 is 2.08 bits per heavy atom. The van der Waals surface area contributed by atoms with Crippen molar-refractivity contribution in [1.82, 2.24) is 5.43 Å². The monoisotopic (exact) mass is 182 g/mol. The minimum Gasteiger partial charge on any atom is -0.508 e. The number of rotatable bonds is 1. The molecule has 0 saturated heterocycles. The number of nitrogens with one attached hydrogen (secondary N) is 1. The predicted octanol–water partition coefficient (Wildman–Crippen LogP) is 0.00972. The first-order valence-corrected chi connectivity index (χ1v) is 3.59. The van der Waals surface area contributed by atoms with E-state index in [9.17, 15) is 9.90 Å². The lowest BCUT2D eigenvalue weighted by atomic mass is 10.1. The first-order valence-electron chi connectivity index (χ1n) is 3.59. The number of hydrogen-bond acceptors (Lipinski definition) is 4. The fraction of sp³-hybridized carbons (Fsp3) is 0.125. The molecule has 5 N–H and O–H groups in total. The number of nitrogen functional groups attached to an aromatic ring is 1. The van der Waals surface area contributed by atoms with Crippen LogP contribution >= 0.6 is 0 Å². The fourth-order valence-electron chi connectivity index (χ4n) is 1.01. The lowest BCUT2D eigenvalue weighted by Crippen LogP contribution is -2.30. The minimum absolute atomic E-state index is 0.0417. The molecule has 0 aliphatic rings. The van der Waals surface area contributed by atoms with E-state index in [1.165, 1.54) is 6.07 Å². The normalized spacial score (nSPS) is 9.69. The molecule has 0 aliphatic heterocycles. The zero-order chi connectivity index (χ0) is 10.0. The Balaban J connectivity index is 3.28. The van der Waals surface area contributed by atoms with Crippen LogP contribution < -0.4 is 11.3 Å². The molecule has 0 aliphatic carbocycles. The Morgan fingerprint density at radius 3 is 2.62 bits per heavy atom. The van der Waals surface area contributed by atoms with Crippen molar-refractivity contribution >= 4 is 5.91 Å². The number of phenolic OH excluding ortho intramolecular Hbond substituents is 2. The molecular weight excluding hydrogens is 172 g/mol. The summed E-state index contributed by atoms with van der Waals surface area (Å²) in [7, 11) is 0. The molecule has 1 aromatic carbocycles. The summed E-state index contributed by atoms with van der Waals surface area (Å²) in [4.78, 5) is 11.0. The van der Waals surface area contributed by atoms with E-state index in [4.69, 9.17) is 10.9 Å². The number of carbonyl (C=O) groups is 1. The molecule has 0 aromatic heterocycles. The van der Waals surface area contributed by atoms with Gasteiger partial charge < -0.3 is 10.2 Å². The third-order valence-corrected chi connectivity index (χ3v) is 1.66. The molecule has 0 heterocycles. The predicted molar refractivity (Wildman–Crippen MR) is 46.2 cm³/mol. The van der Waals surface area contributed by atoms with E-state index in [2.05, 4.69) is 0 Å². The number of phenols is 2. The SMILES string of the molecule is Cc1cc(O)cc(C(=O)NN)c1O. The van der Waals surface area contributed by atoms with Gasteiger partial charge in [-0.3, -0.25) is 10.2 Å². The van der Waals surface area contributed by atoms with Crippen molar-refractivity contribution in [1.29, 1.82) is 0 Å². The number of aromatic hydroxyl groups is 2. The van der Waals surface area contributed by atoms with Gasteiger partial charge in [0.25, 0.3) is 5.91 Å². The highest BCUT2D eigenvalue weighted by Crippen LogP contribution is 2.26. The summed E-state index contributed by atoms with van der Waals surface area (Å²) in [5, 5.41) is 18.5. The molecule has 0 saturated carbocycles. The summed E-state index contributed by atoms with van der Waals surface area (Å²) in [6.07, 6.45) is 0. The Kier molecular flexibility index (Phi) is 2.39. The van der Waals surface area contributed by atoms with Gasteiger partial charge in [-0.05, 0) is 24.6 Å². The van der Waals surface area contributed by atoms with Crippen LogP contribution in [-0.2, 0) is 0 Å². The highest BCUT2D eigenvalue weighted by molar-refractivity contribution is 5.97. The van der Waals surface area contributed by atoms with Crippen molar-refractivity contribution < 1.29 is 15.0 Å². The molecule has 0 spiro atoms. The summed E-state index contributed by atoms with van der Waals surface area (Å²) < 4.78 is 0. The van der Waals surface area contributed by atoms with Gasteiger partial charge in [0.2, 0.25) is 0 Å². The highest BCUT2D eigenvalue weighted by atomic mass is 16.3. The first kappa shape index (κ1) is 9.34. The van der Waals surface area contributed by atoms with E-state index < -0.39 is 5.91 Å². The van der Waals surface area contributed by atoms with Crippen LogP contribution in [0.25, 0.3) is 0 Å². The molecule has 0 radical (unpaired) electrons. The quantitative estimate of drug-likeness (QED) is 0.213. The number of benzene rings is 1. The van der Waals surface area contributed by atoms with Crippen molar-refractivity contribution in [3.05, 3.63) is 23.3 Å². The van der Waals surface area contributed by atoms with Crippen molar-refractivity contribution in [3.63, 3.8) is 0 Å². The number of carbonyl (C=O) groups excluding carboxylic acids is 1. The van der Waals surface area contributed by atoms with E-state index in [1.54, 1.807) is 6.92 Å². The molecule has 1 rings (SSSR count). The lowest BCUT2D eigenvalue weighted by Gasteiger charge is -2.06. The van der Waals surface area contributed by atoms with Gasteiger partial charge in [0, 0.05) is 0 Å². The molecule has 0 fully saturated rings. The van der Waals surface area contributed by atoms with Crippen LogP contribution in [0.1, 0.15) is 15.9 Å². The molecule has 1 aromatic rings. The summed E-state index contributed by atoms with van der Waals surface area (Å²) in [5.41, 5.74) is 2.24. The lowest BCUT2D eigenvalue weighted by molar-refractivity contribution is 0.0950. The number of hydrazine groups is 1. The van der Waals surface area contributed by atoms with E-state index in [0.717, 1.165) is 6.07 Å². The number of nitrogens with two attached hydrogens (primary N) is 1. The second kappa shape index (κ2) is 3.32. The van der Waals surface area contributed by atoms with E-state index in [-0.39, 0.29) is 17.1 Å². The molecule has 0 unspecified atom stereocenters. The van der Waals surface area contributed by atoms with E-state index in [0.29, 0.717) is 5.56 Å². The number of hydrogen-bond donors (Lipinski definition) is 4. The maximum absolute atomic E-state index is 11.0. The second-order valence-corrected chi connectivity index (χ2v) is 2.63. The summed E-state index contributed by atoms with van der Waals surface area (Å²) >= 11 is 0. The summed E-state index contributed by atoms with van der Waals surface area (Å²) in [5.74, 6) is 3.97. The largest absolute Gasteiger partial charge is 0.508 e. The third kappa shape index (κ3) is 1.70. The Labute approximate surface area is 74.8 Å². The van der Waals surface area contributed by atoms with E-state index >= 15 is 0 Å². The van der Waals surface area contributed by atoms with Crippen molar-refractivity contribution in [2.45, 2.75) is 6.92 Å². The van der Waals surface area contributed by atoms with Gasteiger partial charge in [0.1, 0.15) is 11.5 Å². The van der Waals surface area contributed by atoms with Crippen LogP contribution in [0.4, 0.5) is 0 Å². The van der Waals surface area contributed by atoms with Gasteiger partial charge in [-0.2, -0.15) is 0 Å². The zero-order valence-corrected chi connectivity index (χ0v) is 7.03. The summed E-state index contributed by atoms with van der Waals surface area (Å²) in [6.45, 7) is 1.57. The second-order valence-electron chi connectivity index (χ2n) is 2.63. The Morgan fingerprint density at radius 1 is 1.46 bits per heavy atom. The maximum Gasteiger partial charge on any atom is 0.269 e. The van der Waals surface area contributed by atoms with Gasteiger partial charge in [0.05, 0.1) is 5.56 Å². The maximum atomic E-state index is 11.0. The molecule has 13 heavy (non-hydrogen) atoms. The van der Waals surface area contributed by atoms with Crippen molar-refractivity contribution in [3.8, 4) is 11.5 Å². The molecule has 0 bridgehead atoms. The zero-order valence-electron chi connectivity index (χ0n) is 7.03. The van der Waals surface area contributed by atoms with Crippen LogP contribution in [0.3, 0.4) is 0 Å². The first-order chi connectivity index (χ1) is 6.06. The number of aryl methyl sites for hydroxylation is 1. The Hall–Kier alpha value is -1.75. The molecule has 0 atom stereocenters. The number of amides is 1. The van der Waals surface area contributed by atoms with Gasteiger partial charge in [-0.25, -0.2) is 5.84 Å². The smallest absolute Gasteiger partial charge is 0.269 e. The van der Waals surface area contributed by atoms with Crippen LogP contribution in [0, 0.1) is 6.92 Å². The van der Waals surface area contributed by atoms with Gasteiger partial charge in [-0.15, -0.1) is 0 Å². The van der Waals surface area contributed by atoms with Crippen LogP contribution in [0.2, 0.25) is 0 Å². The standard InChI is InChI=1S/C8H10N2O3/c1-4-2-5(11)3-6(7(4)12)8(13)10-9/h2-3,11-12H,9H2,1H3,(H,10,13). The van der Waals surface area contributed by atoms with Gasteiger partial charge in [-0.1, -0.05) is 0 Å². The third-order valence-electron chi connectivity index (χ3n) is 1.66. The van der Waals surface area contributed by atoms with Crippen molar-refractivity contribution in [2.75, 3.05) is 0 Å². The Bertz CT molecular complexity index is 349. The van der Waals surface area contributed by atoms with Gasteiger partial charge >= 0.3 is 0 Å². The minimum atomic E-state index is -0.642. The average molecular weight is 182 g/mol. The molecule has 5 nitrogen and oxygen atoms in total. The van der Waals surface area contributed by atoms with Crippen LogP contribution in [0.5, 0.6) is 11.5 Å². The van der Waals surface area contributed by atoms with E-state index in [1.807, 2.05) is 5.43 Å². The van der Waals surface area contributed by atoms with Crippen LogP contribution in [0.15, 0.2) is 12.1 Å². The molecule has 1 amide bonds. The van der Waals surface area contributed by atoms with Crippen molar-refractivity contribution in [2.24, 2.45) is 5.84 Å².